The van der Waals surface area contributed by atoms with Gasteiger partial charge < -0.3 is 19.9 Å². The first-order chi connectivity index (χ1) is 12.6. The normalized spacial score (nSPS) is 15.1. The predicted molar refractivity (Wildman–Crippen MR) is 126 cm³/mol. The number of halogens is 1. The van der Waals surface area contributed by atoms with Gasteiger partial charge in [-0.2, -0.15) is 0 Å². The number of aliphatic imine (C=N–C) groups is 1. The summed E-state index contributed by atoms with van der Waals surface area (Å²) in [5.74, 6) is 1.95. The number of hydrogen-bond donors (Lipinski definition) is 1. The summed E-state index contributed by atoms with van der Waals surface area (Å²) in [6, 6.07) is 8.82. The minimum atomic E-state index is 0. The summed E-state index contributed by atoms with van der Waals surface area (Å²) in [7, 11) is 3.60. The summed E-state index contributed by atoms with van der Waals surface area (Å²) in [4.78, 5) is 11.7. The van der Waals surface area contributed by atoms with Gasteiger partial charge in [0.25, 0.3) is 0 Å². The van der Waals surface area contributed by atoms with Crippen molar-refractivity contribution in [3.63, 3.8) is 0 Å². The Bertz CT molecular complexity index is 573. The highest BCUT2D eigenvalue weighted by Gasteiger charge is 2.21. The second-order valence-corrected chi connectivity index (χ2v) is 6.84. The molecular formula is C20H36IN5O. The van der Waals surface area contributed by atoms with Crippen LogP contribution in [0.15, 0.2) is 29.3 Å². The van der Waals surface area contributed by atoms with Gasteiger partial charge in [0.2, 0.25) is 0 Å². The fourth-order valence-electron chi connectivity index (χ4n) is 3.48. The molecule has 1 heterocycles. The Labute approximate surface area is 182 Å². The summed E-state index contributed by atoms with van der Waals surface area (Å²) in [6.45, 7) is 13.6. The lowest BCUT2D eigenvalue weighted by molar-refractivity contribution is 0.236. The van der Waals surface area contributed by atoms with Crippen LogP contribution >= 0.6 is 24.0 Å². The average Bonchev–Trinajstić information content (AvgIpc) is 2.68. The lowest BCUT2D eigenvalue weighted by Gasteiger charge is -2.38. The van der Waals surface area contributed by atoms with Crippen molar-refractivity contribution in [1.29, 1.82) is 0 Å². The monoisotopic (exact) mass is 489 g/mol. The molecule has 1 aromatic rings. The topological polar surface area (TPSA) is 43.3 Å². The van der Waals surface area contributed by atoms with Crippen LogP contribution in [0, 0.1) is 0 Å². The number of rotatable bonds is 7. The lowest BCUT2D eigenvalue weighted by atomic mass is 10.2. The highest BCUT2D eigenvalue weighted by atomic mass is 127. The highest BCUT2D eigenvalue weighted by Crippen LogP contribution is 2.28. The molecule has 1 fully saturated rings. The van der Waals surface area contributed by atoms with E-state index in [9.17, 15) is 0 Å². The third-order valence-electron chi connectivity index (χ3n) is 5.04. The van der Waals surface area contributed by atoms with Crippen molar-refractivity contribution in [2.24, 2.45) is 4.99 Å². The van der Waals surface area contributed by atoms with Crippen LogP contribution < -0.4 is 15.0 Å². The van der Waals surface area contributed by atoms with Crippen LogP contribution in [0.25, 0.3) is 0 Å². The Morgan fingerprint density at radius 2 is 1.89 bits per heavy atom. The lowest BCUT2D eigenvalue weighted by Crippen LogP contribution is -2.53. The van der Waals surface area contributed by atoms with Crippen LogP contribution in [0.1, 0.15) is 20.8 Å². The van der Waals surface area contributed by atoms with Gasteiger partial charge in [0, 0.05) is 52.4 Å². The molecule has 1 N–H and O–H groups in total. The summed E-state index contributed by atoms with van der Waals surface area (Å²) in [5.41, 5.74) is 1.17. The summed E-state index contributed by atoms with van der Waals surface area (Å²) in [6.07, 6.45) is 0. The zero-order valence-electron chi connectivity index (χ0n) is 17.4. The number of nitrogens with one attached hydrogen (secondary N) is 1. The van der Waals surface area contributed by atoms with E-state index in [1.54, 1.807) is 7.11 Å². The molecule has 6 nitrogen and oxygen atoms in total. The quantitative estimate of drug-likeness (QED) is 0.363. The standard InChI is InChI=1S/C20H35N5O.HI/c1-6-23(17(2)3)12-11-22-20(21-4)25-15-13-24(14-16-25)18-9-7-8-10-19(18)26-5;/h7-10,17H,6,11-16H2,1-5H3,(H,21,22);1H. The third kappa shape index (κ3) is 6.71. The fraction of sp³-hybridized carbons (Fsp3) is 0.650. The molecule has 154 valence electrons. The Morgan fingerprint density at radius 3 is 2.44 bits per heavy atom. The number of hydrogen-bond acceptors (Lipinski definition) is 4. The van der Waals surface area contributed by atoms with Gasteiger partial charge >= 0.3 is 0 Å². The molecule has 1 aromatic carbocycles. The van der Waals surface area contributed by atoms with E-state index >= 15 is 0 Å². The molecule has 0 radical (unpaired) electrons. The van der Waals surface area contributed by atoms with E-state index in [-0.39, 0.29) is 24.0 Å². The van der Waals surface area contributed by atoms with Crippen molar-refractivity contribution in [3.05, 3.63) is 24.3 Å². The minimum absolute atomic E-state index is 0. The number of methoxy groups -OCH3 is 1. The second-order valence-electron chi connectivity index (χ2n) is 6.84. The molecule has 2 rings (SSSR count). The Hall–Kier alpha value is -1.22. The maximum absolute atomic E-state index is 5.50. The Balaban J connectivity index is 0.00000364. The van der Waals surface area contributed by atoms with E-state index in [0.717, 1.165) is 57.5 Å². The van der Waals surface area contributed by atoms with Gasteiger partial charge in [-0.1, -0.05) is 19.1 Å². The van der Waals surface area contributed by atoms with E-state index in [1.807, 2.05) is 19.2 Å². The first-order valence-corrected chi connectivity index (χ1v) is 9.68. The number of piperazine rings is 1. The number of guanidine groups is 1. The maximum Gasteiger partial charge on any atom is 0.193 e. The number of ether oxygens (including phenoxy) is 1. The molecule has 0 amide bonds. The van der Waals surface area contributed by atoms with Gasteiger partial charge in [-0.15, -0.1) is 24.0 Å². The molecule has 7 heteroatoms. The van der Waals surface area contributed by atoms with Crippen LogP contribution in [0.2, 0.25) is 0 Å². The van der Waals surface area contributed by atoms with E-state index in [1.165, 1.54) is 5.69 Å². The second kappa shape index (κ2) is 12.3. The van der Waals surface area contributed by atoms with Crippen LogP contribution in [-0.4, -0.2) is 81.8 Å². The van der Waals surface area contributed by atoms with Crippen molar-refractivity contribution >= 4 is 35.6 Å². The molecule has 0 bridgehead atoms. The first kappa shape index (κ1) is 23.8. The zero-order chi connectivity index (χ0) is 18.9. The summed E-state index contributed by atoms with van der Waals surface area (Å²) >= 11 is 0. The molecule has 0 atom stereocenters. The van der Waals surface area contributed by atoms with Crippen LogP contribution in [0.3, 0.4) is 0 Å². The van der Waals surface area contributed by atoms with Crippen molar-refractivity contribution in [2.45, 2.75) is 26.8 Å². The zero-order valence-corrected chi connectivity index (χ0v) is 19.8. The van der Waals surface area contributed by atoms with Gasteiger partial charge in [-0.05, 0) is 32.5 Å². The average molecular weight is 489 g/mol. The maximum atomic E-state index is 5.50. The molecule has 27 heavy (non-hydrogen) atoms. The molecule has 1 saturated heterocycles. The smallest absolute Gasteiger partial charge is 0.193 e. The van der Waals surface area contributed by atoms with Gasteiger partial charge in [0.15, 0.2) is 5.96 Å². The molecule has 1 aliphatic rings. The van der Waals surface area contributed by atoms with Gasteiger partial charge in [-0.25, -0.2) is 0 Å². The van der Waals surface area contributed by atoms with E-state index in [4.69, 9.17) is 4.74 Å². The number of likely N-dealkylation sites (N-methyl/N-ethyl adjacent to an activating group) is 1. The SMILES string of the molecule is CCN(CCNC(=NC)N1CCN(c2ccccc2OC)CC1)C(C)C.I. The highest BCUT2D eigenvalue weighted by molar-refractivity contribution is 14.0. The van der Waals surface area contributed by atoms with E-state index in [0.29, 0.717) is 6.04 Å². The van der Waals surface area contributed by atoms with Crippen molar-refractivity contribution in [3.8, 4) is 5.75 Å². The fourth-order valence-corrected chi connectivity index (χ4v) is 3.48. The van der Waals surface area contributed by atoms with Gasteiger partial charge in [-0.3, -0.25) is 9.89 Å². The predicted octanol–water partition coefficient (Wildman–Crippen LogP) is 2.74. The van der Waals surface area contributed by atoms with Crippen molar-refractivity contribution < 1.29 is 4.74 Å². The Kier molecular flexibility index (Phi) is 10.8. The number of anilines is 1. The van der Waals surface area contributed by atoms with Crippen LogP contribution in [0.5, 0.6) is 5.75 Å². The molecule has 0 saturated carbocycles. The van der Waals surface area contributed by atoms with Crippen molar-refractivity contribution in [1.82, 2.24) is 15.1 Å². The molecule has 1 aliphatic heterocycles. The van der Waals surface area contributed by atoms with Crippen molar-refractivity contribution in [2.75, 3.05) is 64.9 Å². The van der Waals surface area contributed by atoms with E-state index < -0.39 is 0 Å². The molecule has 0 spiro atoms. The van der Waals surface area contributed by atoms with Crippen LogP contribution in [0.4, 0.5) is 5.69 Å². The molecule has 0 aromatic heterocycles. The van der Waals surface area contributed by atoms with Gasteiger partial charge in [0.05, 0.1) is 12.8 Å². The molecule has 0 unspecified atom stereocenters. The van der Waals surface area contributed by atoms with Gasteiger partial charge in [0.1, 0.15) is 5.75 Å². The number of para-hydroxylation sites is 2. The largest absolute Gasteiger partial charge is 0.495 e. The number of nitrogens with zero attached hydrogens (tertiary/aromatic N) is 4. The van der Waals surface area contributed by atoms with E-state index in [2.05, 4.69) is 57.9 Å². The van der Waals surface area contributed by atoms with Crippen LogP contribution in [-0.2, 0) is 0 Å². The summed E-state index contributed by atoms with van der Waals surface area (Å²) < 4.78 is 5.50. The molecule has 0 aliphatic carbocycles. The molecular weight excluding hydrogens is 453 g/mol. The Morgan fingerprint density at radius 1 is 1.22 bits per heavy atom. The third-order valence-corrected chi connectivity index (χ3v) is 5.04. The summed E-state index contributed by atoms with van der Waals surface area (Å²) in [5, 5.41) is 3.53. The minimum Gasteiger partial charge on any atom is -0.495 e. The first-order valence-electron chi connectivity index (χ1n) is 9.68. The number of benzene rings is 1.